The molecule has 0 aromatic rings. The monoisotopic (exact) mass is 115 g/mol. The second kappa shape index (κ2) is 2.29. The lowest BCUT2D eigenvalue weighted by Gasteiger charge is -2.10. The standard InChI is InChI=1S/C7H12F/c1-6(8)5-7(2,3)4/h5H,1H2,2-4H3/b6-5-. The van der Waals surface area contributed by atoms with Gasteiger partial charge in [-0.3, -0.25) is 0 Å². The van der Waals surface area contributed by atoms with E-state index in [2.05, 4.69) is 6.92 Å². The molecule has 0 aliphatic rings. The zero-order valence-corrected chi connectivity index (χ0v) is 5.66. The molecule has 0 saturated carbocycles. The van der Waals surface area contributed by atoms with Gasteiger partial charge >= 0.3 is 0 Å². The maximum Gasteiger partial charge on any atom is 0.0969 e. The van der Waals surface area contributed by atoms with Crippen LogP contribution in [0.3, 0.4) is 0 Å². The van der Waals surface area contributed by atoms with Crippen molar-refractivity contribution in [3.8, 4) is 0 Å². The molecule has 0 saturated heterocycles. The van der Waals surface area contributed by atoms with Crippen molar-refractivity contribution in [1.82, 2.24) is 0 Å². The first-order valence-electron chi connectivity index (χ1n) is 2.62. The van der Waals surface area contributed by atoms with E-state index in [1.165, 1.54) is 6.08 Å². The van der Waals surface area contributed by atoms with Crippen LogP contribution in [0, 0.1) is 12.3 Å². The number of rotatable bonds is 0. The molecule has 0 aliphatic carbocycles. The molecule has 0 nitrogen and oxygen atoms in total. The summed E-state index contributed by atoms with van der Waals surface area (Å²) in [5.74, 6) is -0.350. The molecule has 0 fully saturated rings. The molecule has 0 aromatic heterocycles. The summed E-state index contributed by atoms with van der Waals surface area (Å²) in [5, 5.41) is 0. The van der Waals surface area contributed by atoms with Crippen molar-refractivity contribution in [2.75, 3.05) is 0 Å². The van der Waals surface area contributed by atoms with Crippen LogP contribution in [0.25, 0.3) is 0 Å². The molecule has 0 spiro atoms. The zero-order chi connectivity index (χ0) is 6.78. The van der Waals surface area contributed by atoms with Crippen LogP contribution >= 0.6 is 0 Å². The molecule has 0 aromatic carbocycles. The van der Waals surface area contributed by atoms with Gasteiger partial charge in [0.15, 0.2) is 0 Å². The Labute approximate surface area is 50.4 Å². The van der Waals surface area contributed by atoms with E-state index in [1.54, 1.807) is 0 Å². The van der Waals surface area contributed by atoms with Gasteiger partial charge in [0.1, 0.15) is 0 Å². The van der Waals surface area contributed by atoms with Gasteiger partial charge in [-0.2, -0.15) is 0 Å². The van der Waals surface area contributed by atoms with E-state index < -0.39 is 0 Å². The van der Waals surface area contributed by atoms with Crippen molar-refractivity contribution < 1.29 is 4.39 Å². The maximum atomic E-state index is 11.9. The highest BCUT2D eigenvalue weighted by Gasteiger charge is 2.04. The van der Waals surface area contributed by atoms with Crippen molar-refractivity contribution >= 4 is 0 Å². The Balaban J connectivity index is 3.89. The van der Waals surface area contributed by atoms with Crippen LogP contribution in [-0.4, -0.2) is 0 Å². The minimum Gasteiger partial charge on any atom is -0.212 e. The van der Waals surface area contributed by atoms with E-state index in [0.717, 1.165) is 0 Å². The lowest BCUT2D eigenvalue weighted by atomic mass is 9.96. The zero-order valence-electron chi connectivity index (χ0n) is 5.66. The molecule has 0 heterocycles. The third-order valence-electron chi connectivity index (χ3n) is 0.590. The average molecular weight is 115 g/mol. The van der Waals surface area contributed by atoms with Crippen LogP contribution in [0.2, 0.25) is 0 Å². The van der Waals surface area contributed by atoms with Gasteiger partial charge in [0.05, 0.1) is 5.83 Å². The highest BCUT2D eigenvalue weighted by atomic mass is 19.1. The molecule has 0 aliphatic heterocycles. The van der Waals surface area contributed by atoms with Crippen molar-refractivity contribution in [3.63, 3.8) is 0 Å². The van der Waals surface area contributed by atoms with E-state index in [1.807, 2.05) is 20.8 Å². The fourth-order valence-electron chi connectivity index (χ4n) is 0.470. The smallest absolute Gasteiger partial charge is 0.0969 e. The van der Waals surface area contributed by atoms with Gasteiger partial charge in [-0.15, -0.1) is 0 Å². The Bertz CT molecular complexity index is 91.4. The van der Waals surface area contributed by atoms with Crippen molar-refractivity contribution in [3.05, 3.63) is 18.8 Å². The van der Waals surface area contributed by atoms with E-state index >= 15 is 0 Å². The van der Waals surface area contributed by atoms with Crippen LogP contribution in [0.5, 0.6) is 0 Å². The minimum atomic E-state index is -0.350. The summed E-state index contributed by atoms with van der Waals surface area (Å²) in [4.78, 5) is 0. The summed E-state index contributed by atoms with van der Waals surface area (Å²) in [7, 11) is 0. The summed E-state index contributed by atoms with van der Waals surface area (Å²) in [6.07, 6.45) is 1.49. The van der Waals surface area contributed by atoms with Crippen LogP contribution in [0.1, 0.15) is 20.8 Å². The Morgan fingerprint density at radius 1 is 1.50 bits per heavy atom. The highest BCUT2D eigenvalue weighted by molar-refractivity contribution is 5.00. The lowest BCUT2D eigenvalue weighted by Crippen LogP contribution is -1.98. The van der Waals surface area contributed by atoms with Crippen LogP contribution in [0.4, 0.5) is 4.39 Å². The summed E-state index contributed by atoms with van der Waals surface area (Å²) in [5.41, 5.74) is -0.0775. The van der Waals surface area contributed by atoms with Crippen LogP contribution in [0.15, 0.2) is 11.9 Å². The SMILES string of the molecule is [CH2]/C(F)=C/C(C)(C)C. The van der Waals surface area contributed by atoms with Gasteiger partial charge in [-0.1, -0.05) is 20.8 Å². The maximum absolute atomic E-state index is 11.9. The molecule has 8 heavy (non-hydrogen) atoms. The predicted molar refractivity (Wildman–Crippen MR) is 34.0 cm³/mol. The molecule has 0 atom stereocenters. The third-order valence-corrected chi connectivity index (χ3v) is 0.590. The van der Waals surface area contributed by atoms with Gasteiger partial charge in [-0.25, -0.2) is 4.39 Å². The van der Waals surface area contributed by atoms with Gasteiger partial charge in [-0.05, 0) is 11.5 Å². The van der Waals surface area contributed by atoms with Gasteiger partial charge in [0.2, 0.25) is 0 Å². The summed E-state index contributed by atoms with van der Waals surface area (Å²) < 4.78 is 11.9. The van der Waals surface area contributed by atoms with Gasteiger partial charge < -0.3 is 0 Å². The Kier molecular flexibility index (Phi) is 2.20. The average Bonchev–Trinajstić information content (AvgIpc) is 1.21. The second-order valence-corrected chi connectivity index (χ2v) is 2.96. The van der Waals surface area contributed by atoms with E-state index in [9.17, 15) is 4.39 Å². The summed E-state index contributed by atoms with van der Waals surface area (Å²) in [6.45, 7) is 8.90. The van der Waals surface area contributed by atoms with E-state index in [4.69, 9.17) is 0 Å². The van der Waals surface area contributed by atoms with E-state index in [-0.39, 0.29) is 11.2 Å². The van der Waals surface area contributed by atoms with Crippen molar-refractivity contribution in [2.24, 2.45) is 5.41 Å². The van der Waals surface area contributed by atoms with Crippen LogP contribution < -0.4 is 0 Å². The molecule has 0 rings (SSSR count). The molecule has 0 amide bonds. The quantitative estimate of drug-likeness (QED) is 0.455. The number of hydrogen-bond donors (Lipinski definition) is 0. The lowest BCUT2D eigenvalue weighted by molar-refractivity contribution is 0.518. The Morgan fingerprint density at radius 2 is 1.88 bits per heavy atom. The van der Waals surface area contributed by atoms with Gasteiger partial charge in [0, 0.05) is 6.92 Å². The molecule has 1 heteroatoms. The molecule has 0 bridgehead atoms. The predicted octanol–water partition coefficient (Wildman–Crippen LogP) is 2.72. The summed E-state index contributed by atoms with van der Waals surface area (Å²) in [6, 6.07) is 0. The molecule has 1 radical (unpaired) electrons. The third kappa shape index (κ3) is 5.67. The molecule has 0 N–H and O–H groups in total. The van der Waals surface area contributed by atoms with Crippen molar-refractivity contribution in [2.45, 2.75) is 20.8 Å². The normalized spacial score (nSPS) is 14.4. The molecule has 47 valence electrons. The number of halogens is 1. The van der Waals surface area contributed by atoms with Crippen molar-refractivity contribution in [1.29, 1.82) is 0 Å². The first kappa shape index (κ1) is 7.67. The van der Waals surface area contributed by atoms with E-state index in [0.29, 0.717) is 0 Å². The molecular weight excluding hydrogens is 103 g/mol. The number of hydrogen-bond acceptors (Lipinski definition) is 0. The van der Waals surface area contributed by atoms with Crippen LogP contribution in [-0.2, 0) is 0 Å². The molecular formula is C7H12F. The van der Waals surface area contributed by atoms with Gasteiger partial charge in [0.25, 0.3) is 0 Å². The second-order valence-electron chi connectivity index (χ2n) is 2.96. The first-order valence-corrected chi connectivity index (χ1v) is 2.62. The molecule has 0 unspecified atom stereocenters. The fraction of sp³-hybridized carbons (Fsp3) is 0.571. The Hall–Kier alpha value is -0.330. The first-order chi connectivity index (χ1) is 3.42. The topological polar surface area (TPSA) is 0 Å². The minimum absolute atomic E-state index is 0.0775. The fourth-order valence-corrected chi connectivity index (χ4v) is 0.470. The largest absolute Gasteiger partial charge is 0.212 e. The number of allylic oxidation sites excluding steroid dienone is 2. The highest BCUT2D eigenvalue weighted by Crippen LogP contribution is 2.17. The summed E-state index contributed by atoms with van der Waals surface area (Å²) >= 11 is 0. The Morgan fingerprint density at radius 3 is 1.88 bits per heavy atom.